The van der Waals surface area contributed by atoms with Gasteiger partial charge in [0.15, 0.2) is 0 Å². The predicted molar refractivity (Wildman–Crippen MR) is 59.8 cm³/mol. The summed E-state index contributed by atoms with van der Waals surface area (Å²) in [6.07, 6.45) is 0. The van der Waals surface area contributed by atoms with Crippen LogP contribution in [-0.2, 0) is 0 Å². The molecule has 76 valence electrons. The average Bonchev–Trinajstić information content (AvgIpc) is 2.26. The second kappa shape index (κ2) is 5.18. The third-order valence-corrected chi connectivity index (χ3v) is 1.95. The molecular formula is C11H8ClNO2. The van der Waals surface area contributed by atoms with Gasteiger partial charge in [0, 0.05) is 23.3 Å². The molecule has 3 nitrogen and oxygen atoms in total. The summed E-state index contributed by atoms with van der Waals surface area (Å²) in [5.41, 5.74) is 1.37. The van der Waals surface area contributed by atoms with Crippen LogP contribution >= 0.6 is 11.6 Å². The molecule has 1 rings (SSSR count). The average molecular weight is 222 g/mol. The van der Waals surface area contributed by atoms with Crippen molar-refractivity contribution in [2.24, 2.45) is 0 Å². The van der Waals surface area contributed by atoms with Gasteiger partial charge >= 0.3 is 0 Å². The maximum atomic E-state index is 10.4. The fraction of sp³-hybridized carbons (Fsp3) is 0.0909. The fourth-order valence-electron chi connectivity index (χ4n) is 0.860. The van der Waals surface area contributed by atoms with E-state index in [1.54, 1.807) is 12.1 Å². The van der Waals surface area contributed by atoms with E-state index < -0.39 is 4.92 Å². The first-order valence-electron chi connectivity index (χ1n) is 4.13. The van der Waals surface area contributed by atoms with E-state index in [9.17, 15) is 10.1 Å². The molecular weight excluding hydrogens is 214 g/mol. The number of non-ortho nitro benzene ring substituents is 1. The SMILES string of the molecule is C=C(C#Cc1ccc([N+](=O)[O-])cc1)CCl. The molecule has 0 N–H and O–H groups in total. The topological polar surface area (TPSA) is 43.1 Å². The molecule has 0 heterocycles. The highest BCUT2D eigenvalue weighted by molar-refractivity contribution is 6.19. The Labute approximate surface area is 92.5 Å². The summed E-state index contributed by atoms with van der Waals surface area (Å²) in [6.45, 7) is 3.62. The van der Waals surface area contributed by atoms with E-state index in [4.69, 9.17) is 11.6 Å². The Kier molecular flexibility index (Phi) is 3.90. The first-order chi connectivity index (χ1) is 7.13. The summed E-state index contributed by atoms with van der Waals surface area (Å²) in [5, 5.41) is 10.4. The first kappa shape index (κ1) is 11.3. The molecule has 0 aromatic heterocycles. The van der Waals surface area contributed by atoms with Crippen molar-refractivity contribution in [3.63, 3.8) is 0 Å². The van der Waals surface area contributed by atoms with Crippen LogP contribution in [0.15, 0.2) is 36.4 Å². The Hall–Kier alpha value is -1.79. The zero-order chi connectivity index (χ0) is 11.3. The summed E-state index contributed by atoms with van der Waals surface area (Å²) in [7, 11) is 0. The van der Waals surface area contributed by atoms with E-state index in [-0.39, 0.29) is 5.69 Å². The Morgan fingerprint density at radius 2 is 2.07 bits per heavy atom. The first-order valence-corrected chi connectivity index (χ1v) is 4.67. The zero-order valence-corrected chi connectivity index (χ0v) is 8.62. The highest BCUT2D eigenvalue weighted by Gasteiger charge is 2.01. The summed E-state index contributed by atoms with van der Waals surface area (Å²) >= 11 is 5.49. The van der Waals surface area contributed by atoms with Crippen LogP contribution in [0.1, 0.15) is 5.56 Å². The minimum absolute atomic E-state index is 0.0525. The molecule has 0 aliphatic rings. The molecule has 0 fully saturated rings. The number of nitrogens with zero attached hydrogens (tertiary/aromatic N) is 1. The van der Waals surface area contributed by atoms with Crippen molar-refractivity contribution in [3.8, 4) is 11.8 Å². The molecule has 0 aliphatic carbocycles. The zero-order valence-electron chi connectivity index (χ0n) is 7.87. The maximum absolute atomic E-state index is 10.4. The highest BCUT2D eigenvalue weighted by Crippen LogP contribution is 2.11. The number of alkyl halides is 1. The van der Waals surface area contributed by atoms with Crippen LogP contribution in [0.3, 0.4) is 0 Å². The van der Waals surface area contributed by atoms with Gasteiger partial charge in [-0.3, -0.25) is 10.1 Å². The Bertz CT molecular complexity index is 440. The molecule has 0 bridgehead atoms. The van der Waals surface area contributed by atoms with E-state index in [1.807, 2.05) is 0 Å². The van der Waals surface area contributed by atoms with Crippen molar-refractivity contribution in [2.75, 3.05) is 5.88 Å². The number of nitro benzene ring substituents is 1. The number of nitro groups is 1. The van der Waals surface area contributed by atoms with Crippen molar-refractivity contribution in [3.05, 3.63) is 52.1 Å². The van der Waals surface area contributed by atoms with E-state index >= 15 is 0 Å². The van der Waals surface area contributed by atoms with E-state index in [2.05, 4.69) is 18.4 Å². The molecule has 0 atom stereocenters. The lowest BCUT2D eigenvalue weighted by molar-refractivity contribution is -0.384. The monoisotopic (exact) mass is 221 g/mol. The van der Waals surface area contributed by atoms with E-state index in [0.29, 0.717) is 17.0 Å². The van der Waals surface area contributed by atoms with Gasteiger partial charge in [-0.15, -0.1) is 11.6 Å². The van der Waals surface area contributed by atoms with Gasteiger partial charge in [-0.2, -0.15) is 0 Å². The number of hydrogen-bond acceptors (Lipinski definition) is 2. The molecule has 0 unspecified atom stereocenters. The van der Waals surface area contributed by atoms with Crippen LogP contribution in [0.2, 0.25) is 0 Å². The second-order valence-electron chi connectivity index (χ2n) is 2.79. The number of halogens is 1. The number of allylic oxidation sites excluding steroid dienone is 1. The van der Waals surface area contributed by atoms with Crippen molar-refractivity contribution < 1.29 is 4.92 Å². The fourth-order valence-corrected chi connectivity index (χ4v) is 0.927. The van der Waals surface area contributed by atoms with Gasteiger partial charge in [0.1, 0.15) is 0 Å². The van der Waals surface area contributed by atoms with Gasteiger partial charge in [-0.05, 0) is 12.1 Å². The Morgan fingerprint density at radius 1 is 1.47 bits per heavy atom. The van der Waals surface area contributed by atoms with Crippen molar-refractivity contribution in [2.45, 2.75) is 0 Å². The highest BCUT2D eigenvalue weighted by atomic mass is 35.5. The normalized spacial score (nSPS) is 8.87. The molecule has 0 spiro atoms. The quantitative estimate of drug-likeness (QED) is 0.334. The molecule has 1 aromatic rings. The van der Waals surface area contributed by atoms with E-state index in [0.717, 1.165) is 0 Å². The minimum atomic E-state index is -0.450. The smallest absolute Gasteiger partial charge is 0.258 e. The van der Waals surface area contributed by atoms with E-state index in [1.165, 1.54) is 12.1 Å². The number of rotatable bonds is 2. The van der Waals surface area contributed by atoms with Crippen LogP contribution in [0.25, 0.3) is 0 Å². The number of benzene rings is 1. The Morgan fingerprint density at radius 3 is 2.53 bits per heavy atom. The largest absolute Gasteiger partial charge is 0.269 e. The molecule has 0 saturated heterocycles. The molecule has 1 aromatic carbocycles. The van der Waals surface area contributed by atoms with Gasteiger partial charge < -0.3 is 0 Å². The molecule has 0 radical (unpaired) electrons. The summed E-state index contributed by atoms with van der Waals surface area (Å²) in [5.74, 6) is 5.85. The number of hydrogen-bond donors (Lipinski definition) is 0. The van der Waals surface area contributed by atoms with Crippen LogP contribution in [0.4, 0.5) is 5.69 Å². The molecule has 0 aliphatic heterocycles. The molecule has 15 heavy (non-hydrogen) atoms. The van der Waals surface area contributed by atoms with Crippen molar-refractivity contribution in [1.82, 2.24) is 0 Å². The third kappa shape index (κ3) is 3.45. The van der Waals surface area contributed by atoms with Gasteiger partial charge in [-0.25, -0.2) is 0 Å². The standard InChI is InChI=1S/C11H8ClNO2/c1-9(8-12)2-3-10-4-6-11(7-5-10)13(14)15/h4-7H,1,8H2. The summed E-state index contributed by atoms with van der Waals surface area (Å²) < 4.78 is 0. The van der Waals surface area contributed by atoms with Crippen molar-refractivity contribution >= 4 is 17.3 Å². The Balaban J connectivity index is 2.84. The molecule has 4 heteroatoms. The minimum Gasteiger partial charge on any atom is -0.258 e. The second-order valence-corrected chi connectivity index (χ2v) is 3.06. The van der Waals surface area contributed by atoms with Gasteiger partial charge in [0.2, 0.25) is 0 Å². The van der Waals surface area contributed by atoms with Crippen LogP contribution in [0, 0.1) is 22.0 Å². The summed E-state index contributed by atoms with van der Waals surface area (Å²) in [6, 6.07) is 6.00. The van der Waals surface area contributed by atoms with Gasteiger partial charge in [-0.1, -0.05) is 18.4 Å². The molecule has 0 saturated carbocycles. The van der Waals surface area contributed by atoms with Crippen LogP contribution < -0.4 is 0 Å². The van der Waals surface area contributed by atoms with Crippen LogP contribution in [0.5, 0.6) is 0 Å². The van der Waals surface area contributed by atoms with Crippen LogP contribution in [-0.4, -0.2) is 10.8 Å². The maximum Gasteiger partial charge on any atom is 0.269 e. The van der Waals surface area contributed by atoms with Gasteiger partial charge in [0.05, 0.1) is 10.8 Å². The third-order valence-electron chi connectivity index (χ3n) is 1.62. The summed E-state index contributed by atoms with van der Waals surface area (Å²) in [4.78, 5) is 9.91. The lowest BCUT2D eigenvalue weighted by Crippen LogP contribution is -1.87. The predicted octanol–water partition coefficient (Wildman–Crippen LogP) is 2.74. The lowest BCUT2D eigenvalue weighted by atomic mass is 10.2. The van der Waals surface area contributed by atoms with Crippen molar-refractivity contribution in [1.29, 1.82) is 0 Å². The molecule has 0 amide bonds. The lowest BCUT2D eigenvalue weighted by Gasteiger charge is -1.91. The van der Waals surface area contributed by atoms with Gasteiger partial charge in [0.25, 0.3) is 5.69 Å².